The minimum absolute atomic E-state index is 0. The van der Waals surface area contributed by atoms with Crippen molar-refractivity contribution in [1.82, 2.24) is 10.2 Å². The number of benzene rings is 1. The molecule has 1 aliphatic rings. The average molecular weight is 317 g/mol. The van der Waals surface area contributed by atoms with E-state index < -0.39 is 5.82 Å². The van der Waals surface area contributed by atoms with Crippen molar-refractivity contribution in [2.75, 3.05) is 26.7 Å². The lowest BCUT2D eigenvalue weighted by atomic mass is 10.1. The topological polar surface area (TPSA) is 41.6 Å². The van der Waals surface area contributed by atoms with Crippen LogP contribution >= 0.6 is 12.4 Å². The van der Waals surface area contributed by atoms with Gasteiger partial charge < -0.3 is 15.0 Å². The number of rotatable bonds is 5. The Hall–Kier alpha value is -1.33. The summed E-state index contributed by atoms with van der Waals surface area (Å²) < 4.78 is 18.6. The third-order valence-electron chi connectivity index (χ3n) is 3.59. The first-order chi connectivity index (χ1) is 9.67. The summed E-state index contributed by atoms with van der Waals surface area (Å²) in [6.07, 6.45) is 1.81. The van der Waals surface area contributed by atoms with E-state index in [1.807, 2.05) is 11.8 Å². The Balaban J connectivity index is 0.00000220. The Labute approximate surface area is 131 Å². The fourth-order valence-electron chi connectivity index (χ4n) is 2.60. The number of ether oxygens (including phenoxy) is 1. The van der Waals surface area contributed by atoms with Gasteiger partial charge in [-0.3, -0.25) is 4.79 Å². The molecule has 21 heavy (non-hydrogen) atoms. The van der Waals surface area contributed by atoms with E-state index in [-0.39, 0.29) is 24.4 Å². The van der Waals surface area contributed by atoms with Crippen molar-refractivity contribution in [2.24, 2.45) is 0 Å². The van der Waals surface area contributed by atoms with Gasteiger partial charge in [-0.2, -0.15) is 0 Å². The van der Waals surface area contributed by atoms with E-state index in [4.69, 9.17) is 4.74 Å². The fraction of sp³-hybridized carbons (Fsp3) is 0.533. The van der Waals surface area contributed by atoms with Crippen LogP contribution in [0.25, 0.3) is 0 Å². The van der Waals surface area contributed by atoms with Gasteiger partial charge in [0.1, 0.15) is 11.6 Å². The lowest BCUT2D eigenvalue weighted by molar-refractivity contribution is 0.0688. The molecule has 0 radical (unpaired) electrons. The molecular formula is C15H22ClFN2O2. The summed E-state index contributed by atoms with van der Waals surface area (Å²) in [4.78, 5) is 14.5. The lowest BCUT2D eigenvalue weighted by Crippen LogP contribution is -2.42. The fourth-order valence-corrected chi connectivity index (χ4v) is 2.60. The first-order valence-corrected chi connectivity index (χ1v) is 7.02. The molecule has 1 N–H and O–H groups in total. The molecule has 0 aromatic heterocycles. The average Bonchev–Trinajstić information content (AvgIpc) is 2.98. The second kappa shape index (κ2) is 8.20. The Kier molecular flexibility index (Phi) is 6.92. The van der Waals surface area contributed by atoms with Gasteiger partial charge in [0.25, 0.3) is 5.91 Å². The molecule has 118 valence electrons. The lowest BCUT2D eigenvalue weighted by Gasteiger charge is -2.28. The number of carbonyl (C=O) groups is 1. The van der Waals surface area contributed by atoms with Crippen LogP contribution in [-0.4, -0.2) is 43.6 Å². The molecule has 1 heterocycles. The predicted octanol–water partition coefficient (Wildman–Crippen LogP) is 2.47. The predicted molar refractivity (Wildman–Crippen MR) is 82.8 cm³/mol. The number of halogens is 2. The largest absolute Gasteiger partial charge is 0.496 e. The van der Waals surface area contributed by atoms with Crippen molar-refractivity contribution in [1.29, 1.82) is 0 Å². The molecule has 1 amide bonds. The summed E-state index contributed by atoms with van der Waals surface area (Å²) in [5.41, 5.74) is 0.299. The van der Waals surface area contributed by atoms with E-state index in [0.717, 1.165) is 25.9 Å². The van der Waals surface area contributed by atoms with Crippen LogP contribution in [-0.2, 0) is 0 Å². The Bertz CT molecular complexity index is 479. The van der Waals surface area contributed by atoms with Gasteiger partial charge >= 0.3 is 0 Å². The molecule has 1 aliphatic heterocycles. The summed E-state index contributed by atoms with van der Waals surface area (Å²) in [5.74, 6) is -0.157. The highest BCUT2D eigenvalue weighted by atomic mass is 35.5. The molecule has 1 atom stereocenters. The second-order valence-electron chi connectivity index (χ2n) is 4.99. The standard InChI is InChI=1S/C15H21FN2O2.ClH/c1-3-8-18(12-6-7-17-10-12)15(19)13-9-11(16)4-5-14(13)20-2;/h4-5,9,12,17H,3,6-8,10H2,1-2H3;1H. The van der Waals surface area contributed by atoms with Gasteiger partial charge in [-0.05, 0) is 37.6 Å². The summed E-state index contributed by atoms with van der Waals surface area (Å²) >= 11 is 0. The third kappa shape index (κ3) is 4.08. The number of hydrogen-bond donors (Lipinski definition) is 1. The van der Waals surface area contributed by atoms with Crippen LogP contribution in [0.5, 0.6) is 5.75 Å². The summed E-state index contributed by atoms with van der Waals surface area (Å²) in [7, 11) is 1.49. The van der Waals surface area contributed by atoms with Crippen LogP contribution in [0.4, 0.5) is 4.39 Å². The Morgan fingerprint density at radius 1 is 1.52 bits per heavy atom. The van der Waals surface area contributed by atoms with Crippen molar-refractivity contribution in [3.8, 4) is 5.75 Å². The van der Waals surface area contributed by atoms with Crippen molar-refractivity contribution in [3.05, 3.63) is 29.6 Å². The van der Waals surface area contributed by atoms with Gasteiger partial charge in [0.15, 0.2) is 0 Å². The quantitative estimate of drug-likeness (QED) is 0.907. The smallest absolute Gasteiger partial charge is 0.258 e. The van der Waals surface area contributed by atoms with Crippen molar-refractivity contribution in [2.45, 2.75) is 25.8 Å². The molecule has 0 bridgehead atoms. The minimum atomic E-state index is -0.421. The highest BCUT2D eigenvalue weighted by Gasteiger charge is 2.28. The van der Waals surface area contributed by atoms with E-state index in [1.165, 1.54) is 25.3 Å². The summed E-state index contributed by atoms with van der Waals surface area (Å²) in [6, 6.07) is 4.23. The Morgan fingerprint density at radius 2 is 2.29 bits per heavy atom. The van der Waals surface area contributed by atoms with Gasteiger partial charge in [-0.25, -0.2) is 4.39 Å². The maximum absolute atomic E-state index is 13.4. The third-order valence-corrected chi connectivity index (χ3v) is 3.59. The van der Waals surface area contributed by atoms with E-state index in [0.29, 0.717) is 17.9 Å². The van der Waals surface area contributed by atoms with Crippen LogP contribution < -0.4 is 10.1 Å². The van der Waals surface area contributed by atoms with Gasteiger partial charge in [0, 0.05) is 19.1 Å². The van der Waals surface area contributed by atoms with Crippen molar-refractivity contribution in [3.63, 3.8) is 0 Å². The number of nitrogens with zero attached hydrogens (tertiary/aromatic N) is 1. The van der Waals surface area contributed by atoms with Crippen LogP contribution in [0.2, 0.25) is 0 Å². The number of hydrogen-bond acceptors (Lipinski definition) is 3. The summed E-state index contributed by atoms with van der Waals surface area (Å²) in [6.45, 7) is 4.41. The zero-order valence-electron chi connectivity index (χ0n) is 12.4. The normalized spacial score (nSPS) is 17.2. The van der Waals surface area contributed by atoms with Crippen molar-refractivity contribution >= 4 is 18.3 Å². The molecular weight excluding hydrogens is 295 g/mol. The van der Waals surface area contributed by atoms with Crippen LogP contribution in [0.15, 0.2) is 18.2 Å². The molecule has 4 nitrogen and oxygen atoms in total. The minimum Gasteiger partial charge on any atom is -0.496 e. The molecule has 1 unspecified atom stereocenters. The van der Waals surface area contributed by atoms with Gasteiger partial charge in [-0.1, -0.05) is 6.92 Å². The molecule has 0 spiro atoms. The number of amides is 1. The molecule has 0 aliphatic carbocycles. The zero-order chi connectivity index (χ0) is 14.5. The second-order valence-corrected chi connectivity index (χ2v) is 4.99. The first-order valence-electron chi connectivity index (χ1n) is 7.02. The molecule has 1 saturated heterocycles. The van der Waals surface area contributed by atoms with Crippen LogP contribution in [0.1, 0.15) is 30.1 Å². The van der Waals surface area contributed by atoms with Gasteiger partial charge in [0.2, 0.25) is 0 Å². The highest BCUT2D eigenvalue weighted by molar-refractivity contribution is 5.97. The molecule has 1 aromatic carbocycles. The maximum atomic E-state index is 13.4. The van der Waals surface area contributed by atoms with Crippen LogP contribution in [0, 0.1) is 5.82 Å². The molecule has 0 saturated carbocycles. The number of nitrogens with one attached hydrogen (secondary N) is 1. The van der Waals surface area contributed by atoms with Gasteiger partial charge in [0.05, 0.1) is 12.7 Å². The first kappa shape index (κ1) is 17.7. The SMILES string of the molecule is CCCN(C(=O)c1cc(F)ccc1OC)C1CCNC1.Cl. The van der Waals surface area contributed by atoms with Crippen LogP contribution in [0.3, 0.4) is 0 Å². The molecule has 2 rings (SSSR count). The monoisotopic (exact) mass is 316 g/mol. The maximum Gasteiger partial charge on any atom is 0.258 e. The number of carbonyl (C=O) groups excluding carboxylic acids is 1. The highest BCUT2D eigenvalue weighted by Crippen LogP contribution is 2.23. The summed E-state index contributed by atoms with van der Waals surface area (Å²) in [5, 5.41) is 3.26. The van der Waals surface area contributed by atoms with E-state index in [2.05, 4.69) is 5.32 Å². The molecule has 6 heteroatoms. The van der Waals surface area contributed by atoms with E-state index in [9.17, 15) is 9.18 Å². The van der Waals surface area contributed by atoms with Crippen molar-refractivity contribution < 1.29 is 13.9 Å². The zero-order valence-corrected chi connectivity index (χ0v) is 13.2. The van der Waals surface area contributed by atoms with E-state index >= 15 is 0 Å². The number of methoxy groups -OCH3 is 1. The molecule has 1 fully saturated rings. The van der Waals surface area contributed by atoms with Gasteiger partial charge in [-0.15, -0.1) is 12.4 Å². The molecule has 1 aromatic rings. The van der Waals surface area contributed by atoms with E-state index in [1.54, 1.807) is 0 Å². The Morgan fingerprint density at radius 3 is 2.86 bits per heavy atom.